The predicted molar refractivity (Wildman–Crippen MR) is 51.5 cm³/mol. The number of halogens is 1. The van der Waals surface area contributed by atoms with Crippen LogP contribution in [0.5, 0.6) is 5.75 Å². The fraction of sp³-hybridized carbons (Fsp3) is 0.364. The fourth-order valence-corrected chi connectivity index (χ4v) is 2.07. The van der Waals surface area contributed by atoms with Crippen LogP contribution in [-0.4, -0.2) is 16.2 Å². The minimum absolute atomic E-state index is 0.0181. The second-order valence-electron chi connectivity index (χ2n) is 3.76. The number of carboxylic acid groups (broad SMARTS) is 1. The van der Waals surface area contributed by atoms with E-state index in [1.807, 2.05) is 0 Å². The molecule has 1 aromatic rings. The van der Waals surface area contributed by atoms with Gasteiger partial charge in [0.15, 0.2) is 0 Å². The monoisotopic (exact) mass is 210 g/mol. The topological polar surface area (TPSA) is 57.5 Å². The average molecular weight is 210 g/mol. The normalized spacial score (nSPS) is 24.6. The third-order valence-electron chi connectivity index (χ3n) is 2.87. The molecule has 2 rings (SSSR count). The van der Waals surface area contributed by atoms with Crippen LogP contribution in [0, 0.1) is 0 Å². The van der Waals surface area contributed by atoms with Gasteiger partial charge in [0.05, 0.1) is 0 Å². The molecule has 0 spiro atoms. The lowest BCUT2D eigenvalue weighted by atomic mass is 9.80. The zero-order valence-corrected chi connectivity index (χ0v) is 8.03. The molecule has 15 heavy (non-hydrogen) atoms. The van der Waals surface area contributed by atoms with Crippen LogP contribution in [0.4, 0.5) is 4.39 Å². The Kier molecular flexibility index (Phi) is 2.14. The Morgan fingerprint density at radius 3 is 2.87 bits per heavy atom. The Morgan fingerprint density at radius 1 is 1.47 bits per heavy atom. The van der Waals surface area contributed by atoms with E-state index < -0.39 is 11.6 Å². The summed E-state index contributed by atoms with van der Waals surface area (Å²) in [7, 11) is 0. The summed E-state index contributed by atoms with van der Waals surface area (Å²) in [5, 5.41) is 18.4. The van der Waals surface area contributed by atoms with Crippen molar-refractivity contribution in [3.05, 3.63) is 29.3 Å². The molecule has 0 saturated carbocycles. The number of aliphatic carboxylic acids is 1. The molecular formula is C11H11FO3. The van der Waals surface area contributed by atoms with Gasteiger partial charge < -0.3 is 10.2 Å². The first-order valence-corrected chi connectivity index (χ1v) is 4.79. The molecule has 80 valence electrons. The van der Waals surface area contributed by atoms with Gasteiger partial charge in [-0.15, -0.1) is 0 Å². The molecule has 0 radical (unpaired) electrons. The third-order valence-corrected chi connectivity index (χ3v) is 2.87. The number of alkyl halides is 1. The van der Waals surface area contributed by atoms with Crippen LogP contribution in [-0.2, 0) is 16.9 Å². The number of benzene rings is 1. The fourth-order valence-electron chi connectivity index (χ4n) is 2.07. The van der Waals surface area contributed by atoms with Crippen molar-refractivity contribution in [2.75, 3.05) is 0 Å². The zero-order valence-electron chi connectivity index (χ0n) is 8.03. The average Bonchev–Trinajstić information content (AvgIpc) is 2.20. The molecule has 2 N–H and O–H groups in total. The molecule has 0 aliphatic heterocycles. The highest BCUT2D eigenvalue weighted by Gasteiger charge is 2.44. The van der Waals surface area contributed by atoms with E-state index in [1.54, 1.807) is 0 Å². The van der Waals surface area contributed by atoms with Crippen LogP contribution in [0.15, 0.2) is 18.2 Å². The van der Waals surface area contributed by atoms with E-state index in [-0.39, 0.29) is 17.7 Å². The van der Waals surface area contributed by atoms with E-state index >= 15 is 0 Å². The van der Waals surface area contributed by atoms with Crippen LogP contribution in [0.25, 0.3) is 0 Å². The maximum Gasteiger partial charge on any atom is 0.346 e. The van der Waals surface area contributed by atoms with Gasteiger partial charge in [0.1, 0.15) is 5.75 Å². The highest BCUT2D eigenvalue weighted by atomic mass is 19.1. The molecule has 1 aromatic carbocycles. The Labute approximate surface area is 86.2 Å². The number of aromatic hydroxyl groups is 1. The maximum atomic E-state index is 14.2. The largest absolute Gasteiger partial charge is 0.508 e. The molecule has 0 heterocycles. The third kappa shape index (κ3) is 1.37. The molecule has 0 aromatic heterocycles. The number of carboxylic acids is 1. The van der Waals surface area contributed by atoms with Crippen molar-refractivity contribution >= 4 is 5.97 Å². The van der Waals surface area contributed by atoms with Crippen LogP contribution in [0.1, 0.15) is 24.0 Å². The molecule has 0 fully saturated rings. The van der Waals surface area contributed by atoms with Gasteiger partial charge in [0.25, 0.3) is 0 Å². The van der Waals surface area contributed by atoms with Crippen LogP contribution < -0.4 is 0 Å². The summed E-state index contributed by atoms with van der Waals surface area (Å²) in [6.45, 7) is 0. The van der Waals surface area contributed by atoms with E-state index in [1.165, 1.54) is 18.2 Å². The summed E-state index contributed by atoms with van der Waals surface area (Å²) in [5.41, 5.74) is -1.82. The van der Waals surface area contributed by atoms with Crippen molar-refractivity contribution in [3.8, 4) is 5.75 Å². The molecule has 0 bridgehead atoms. The van der Waals surface area contributed by atoms with Gasteiger partial charge >= 0.3 is 5.97 Å². The van der Waals surface area contributed by atoms with Crippen molar-refractivity contribution < 1.29 is 19.4 Å². The summed E-state index contributed by atoms with van der Waals surface area (Å²) in [4.78, 5) is 10.9. The van der Waals surface area contributed by atoms with Crippen LogP contribution in [0.3, 0.4) is 0 Å². The molecular weight excluding hydrogens is 199 g/mol. The first-order chi connectivity index (χ1) is 7.05. The summed E-state index contributed by atoms with van der Waals surface area (Å²) in [6.07, 6.45) is 0.938. The zero-order chi connectivity index (χ0) is 11.1. The smallest absolute Gasteiger partial charge is 0.346 e. The molecule has 0 amide bonds. The number of hydrogen-bond donors (Lipinski definition) is 2. The number of phenols is 1. The highest BCUT2D eigenvalue weighted by Crippen LogP contribution is 2.41. The van der Waals surface area contributed by atoms with Crippen molar-refractivity contribution in [3.63, 3.8) is 0 Å². The lowest BCUT2D eigenvalue weighted by molar-refractivity contribution is -0.152. The van der Waals surface area contributed by atoms with Crippen molar-refractivity contribution in [2.24, 2.45) is 0 Å². The van der Waals surface area contributed by atoms with Gasteiger partial charge in [-0.05, 0) is 25.3 Å². The maximum absolute atomic E-state index is 14.2. The first-order valence-electron chi connectivity index (χ1n) is 4.79. The standard InChI is InChI=1S/C11H11FO3/c12-11(10(14)15)6-2-3-7-8(11)4-1-5-9(7)13/h1,4-5,13H,2-3,6H2,(H,14,15). The number of rotatable bonds is 1. The highest BCUT2D eigenvalue weighted by molar-refractivity contribution is 5.80. The van der Waals surface area contributed by atoms with Gasteiger partial charge in [-0.25, -0.2) is 9.18 Å². The first kappa shape index (κ1) is 9.96. The minimum atomic E-state index is -2.34. The molecule has 1 aliphatic carbocycles. The predicted octanol–water partition coefficient (Wildman–Crippen LogP) is 1.98. The van der Waals surface area contributed by atoms with Crippen molar-refractivity contribution in [2.45, 2.75) is 24.9 Å². The van der Waals surface area contributed by atoms with E-state index in [9.17, 15) is 14.3 Å². The minimum Gasteiger partial charge on any atom is -0.508 e. The Balaban J connectivity index is 2.61. The Bertz CT molecular complexity index is 416. The Morgan fingerprint density at radius 2 is 2.20 bits per heavy atom. The molecule has 4 heteroatoms. The molecule has 0 saturated heterocycles. The van der Waals surface area contributed by atoms with Crippen LogP contribution >= 0.6 is 0 Å². The molecule has 1 unspecified atom stereocenters. The molecule has 1 atom stereocenters. The second-order valence-corrected chi connectivity index (χ2v) is 3.76. The van der Waals surface area contributed by atoms with Gasteiger partial charge in [0, 0.05) is 11.1 Å². The quantitative estimate of drug-likeness (QED) is 0.745. The van der Waals surface area contributed by atoms with Gasteiger partial charge in [-0.3, -0.25) is 0 Å². The summed E-state index contributed by atoms with van der Waals surface area (Å²) in [5.74, 6) is -1.50. The lowest BCUT2D eigenvalue weighted by Gasteiger charge is -2.28. The van der Waals surface area contributed by atoms with Crippen molar-refractivity contribution in [1.82, 2.24) is 0 Å². The number of fused-ring (bicyclic) bond motifs is 1. The van der Waals surface area contributed by atoms with Gasteiger partial charge in [0.2, 0.25) is 5.67 Å². The Hall–Kier alpha value is -1.58. The summed E-state index contributed by atoms with van der Waals surface area (Å²) in [6, 6.07) is 4.35. The molecule has 1 aliphatic rings. The molecule has 3 nitrogen and oxygen atoms in total. The van der Waals surface area contributed by atoms with E-state index in [0.29, 0.717) is 18.4 Å². The number of phenolic OH excluding ortho intramolecular Hbond substituents is 1. The summed E-state index contributed by atoms with van der Waals surface area (Å²) >= 11 is 0. The van der Waals surface area contributed by atoms with Gasteiger partial charge in [-0.2, -0.15) is 0 Å². The number of hydrogen-bond acceptors (Lipinski definition) is 2. The summed E-state index contributed by atoms with van der Waals surface area (Å²) < 4.78 is 14.2. The van der Waals surface area contributed by atoms with Gasteiger partial charge in [-0.1, -0.05) is 12.1 Å². The second kappa shape index (κ2) is 3.22. The van der Waals surface area contributed by atoms with E-state index in [2.05, 4.69) is 0 Å². The van der Waals surface area contributed by atoms with E-state index in [0.717, 1.165) is 0 Å². The van der Waals surface area contributed by atoms with Crippen molar-refractivity contribution in [1.29, 1.82) is 0 Å². The van der Waals surface area contributed by atoms with E-state index in [4.69, 9.17) is 5.11 Å². The SMILES string of the molecule is O=C(O)C1(F)CCCc2c(O)cccc21. The lowest BCUT2D eigenvalue weighted by Crippen LogP contribution is -2.34. The number of carbonyl (C=O) groups is 1. The van der Waals surface area contributed by atoms with Crippen LogP contribution in [0.2, 0.25) is 0 Å².